The molecule has 0 aliphatic carbocycles. The standard InChI is InChI=1S/C18H17F3N4O3/c19-18(20,21)12-5-6-25-15(8-12)23-24-16(25)9-22-17(26)4-2-11-1-3-13-14(7-11)28-10-27-13/h1-4,7,12H,5-6,8-10H2,(H,22,26)/b4-2+/t12-/m1/s1. The van der Waals surface area contributed by atoms with E-state index in [0.717, 1.165) is 5.56 Å². The van der Waals surface area contributed by atoms with Gasteiger partial charge in [-0.25, -0.2) is 0 Å². The van der Waals surface area contributed by atoms with Gasteiger partial charge in [0, 0.05) is 19.0 Å². The van der Waals surface area contributed by atoms with Crippen LogP contribution in [0.5, 0.6) is 11.5 Å². The topological polar surface area (TPSA) is 78.3 Å². The van der Waals surface area contributed by atoms with E-state index in [1.54, 1.807) is 28.8 Å². The van der Waals surface area contributed by atoms with Crippen molar-refractivity contribution in [2.24, 2.45) is 5.92 Å². The van der Waals surface area contributed by atoms with Gasteiger partial charge in [-0.15, -0.1) is 10.2 Å². The van der Waals surface area contributed by atoms with Gasteiger partial charge in [0.05, 0.1) is 12.5 Å². The van der Waals surface area contributed by atoms with Crippen molar-refractivity contribution in [2.45, 2.75) is 32.1 Å². The molecule has 0 bridgehead atoms. The summed E-state index contributed by atoms with van der Waals surface area (Å²) < 4.78 is 50.7. The minimum absolute atomic E-state index is 0.0144. The molecule has 0 saturated heterocycles. The van der Waals surface area contributed by atoms with Crippen molar-refractivity contribution in [2.75, 3.05) is 6.79 Å². The molecular weight excluding hydrogens is 377 g/mol. The minimum Gasteiger partial charge on any atom is -0.454 e. The molecule has 10 heteroatoms. The van der Waals surface area contributed by atoms with Crippen molar-refractivity contribution in [3.8, 4) is 11.5 Å². The summed E-state index contributed by atoms with van der Waals surface area (Å²) in [5.41, 5.74) is 0.775. The molecule has 1 aromatic carbocycles. The number of nitrogens with one attached hydrogen (secondary N) is 1. The predicted octanol–water partition coefficient (Wildman–Crippen LogP) is 2.46. The van der Waals surface area contributed by atoms with Gasteiger partial charge in [-0.05, 0) is 30.2 Å². The highest BCUT2D eigenvalue weighted by Crippen LogP contribution is 2.35. The molecule has 7 nitrogen and oxygen atoms in total. The van der Waals surface area contributed by atoms with Gasteiger partial charge in [0.25, 0.3) is 0 Å². The van der Waals surface area contributed by atoms with Crippen molar-refractivity contribution in [3.63, 3.8) is 0 Å². The summed E-state index contributed by atoms with van der Waals surface area (Å²) in [5.74, 6) is 0.283. The van der Waals surface area contributed by atoms with Crippen LogP contribution in [0.4, 0.5) is 13.2 Å². The lowest BCUT2D eigenvalue weighted by Gasteiger charge is -2.25. The zero-order chi connectivity index (χ0) is 19.7. The maximum absolute atomic E-state index is 12.9. The van der Waals surface area contributed by atoms with E-state index >= 15 is 0 Å². The number of rotatable bonds is 4. The van der Waals surface area contributed by atoms with Crippen molar-refractivity contribution < 1.29 is 27.4 Å². The van der Waals surface area contributed by atoms with Crippen LogP contribution >= 0.6 is 0 Å². The molecule has 1 aromatic heterocycles. The van der Waals surface area contributed by atoms with Crippen LogP contribution in [0, 0.1) is 5.92 Å². The Kier molecular flexibility index (Phi) is 4.70. The monoisotopic (exact) mass is 394 g/mol. The molecule has 148 valence electrons. The first kappa shape index (κ1) is 18.3. The lowest BCUT2D eigenvalue weighted by molar-refractivity contribution is -0.179. The number of ether oxygens (including phenoxy) is 2. The predicted molar refractivity (Wildman–Crippen MR) is 91.3 cm³/mol. The molecule has 28 heavy (non-hydrogen) atoms. The quantitative estimate of drug-likeness (QED) is 0.806. The van der Waals surface area contributed by atoms with Crippen LogP contribution < -0.4 is 14.8 Å². The zero-order valence-electron chi connectivity index (χ0n) is 14.7. The first-order valence-electron chi connectivity index (χ1n) is 8.73. The second-order valence-corrected chi connectivity index (χ2v) is 6.58. The van der Waals surface area contributed by atoms with E-state index < -0.39 is 12.1 Å². The fourth-order valence-corrected chi connectivity index (χ4v) is 3.21. The van der Waals surface area contributed by atoms with Crippen molar-refractivity contribution in [1.82, 2.24) is 20.1 Å². The number of hydrogen-bond acceptors (Lipinski definition) is 5. The van der Waals surface area contributed by atoms with Crippen LogP contribution in [0.1, 0.15) is 23.6 Å². The molecule has 4 rings (SSSR count). The maximum Gasteiger partial charge on any atom is 0.392 e. The highest BCUT2D eigenvalue weighted by molar-refractivity contribution is 5.91. The van der Waals surface area contributed by atoms with Gasteiger partial charge in [0.15, 0.2) is 17.3 Å². The third kappa shape index (κ3) is 3.80. The molecule has 2 aromatic rings. The Balaban J connectivity index is 1.34. The van der Waals surface area contributed by atoms with Gasteiger partial charge in [0.1, 0.15) is 5.82 Å². The molecule has 0 saturated carbocycles. The number of benzene rings is 1. The van der Waals surface area contributed by atoms with Crippen LogP contribution in [0.25, 0.3) is 6.08 Å². The summed E-state index contributed by atoms with van der Waals surface area (Å²) in [6, 6.07) is 5.32. The normalized spacial score (nSPS) is 18.3. The Hall–Kier alpha value is -3.04. The first-order valence-corrected chi connectivity index (χ1v) is 8.73. The van der Waals surface area contributed by atoms with Crippen LogP contribution in [0.3, 0.4) is 0 Å². The summed E-state index contributed by atoms with van der Waals surface area (Å²) in [6.45, 7) is 0.453. The molecule has 0 fully saturated rings. The van der Waals surface area contributed by atoms with Crippen LogP contribution in [-0.4, -0.2) is 33.6 Å². The molecule has 3 heterocycles. The summed E-state index contributed by atoms with van der Waals surface area (Å²) >= 11 is 0. The van der Waals surface area contributed by atoms with E-state index in [1.165, 1.54) is 6.08 Å². The smallest absolute Gasteiger partial charge is 0.392 e. The second-order valence-electron chi connectivity index (χ2n) is 6.58. The summed E-state index contributed by atoms with van der Waals surface area (Å²) in [5, 5.41) is 10.4. The van der Waals surface area contributed by atoms with Gasteiger partial charge in [-0.2, -0.15) is 13.2 Å². The number of aromatic nitrogens is 3. The summed E-state index contributed by atoms with van der Waals surface area (Å²) in [6.07, 6.45) is -1.44. The average molecular weight is 394 g/mol. The van der Waals surface area contributed by atoms with E-state index in [4.69, 9.17) is 9.47 Å². The Morgan fingerprint density at radius 1 is 1.29 bits per heavy atom. The van der Waals surface area contributed by atoms with E-state index in [2.05, 4.69) is 15.5 Å². The van der Waals surface area contributed by atoms with Gasteiger partial charge in [-0.1, -0.05) is 6.07 Å². The molecule has 1 atom stereocenters. The third-order valence-electron chi connectivity index (χ3n) is 4.74. The number of carbonyl (C=O) groups is 1. The van der Waals surface area contributed by atoms with Crippen LogP contribution in [-0.2, 0) is 24.3 Å². The van der Waals surface area contributed by atoms with Crippen molar-refractivity contribution >= 4 is 12.0 Å². The largest absolute Gasteiger partial charge is 0.454 e. The summed E-state index contributed by atoms with van der Waals surface area (Å²) in [4.78, 5) is 12.0. The van der Waals surface area contributed by atoms with Gasteiger partial charge < -0.3 is 19.4 Å². The van der Waals surface area contributed by atoms with Gasteiger partial charge in [-0.3, -0.25) is 4.79 Å². The van der Waals surface area contributed by atoms with Crippen LogP contribution in [0.15, 0.2) is 24.3 Å². The number of nitrogens with zero attached hydrogens (tertiary/aromatic N) is 3. The summed E-state index contributed by atoms with van der Waals surface area (Å²) in [7, 11) is 0. The fraction of sp³-hybridized carbons (Fsp3) is 0.389. The first-order chi connectivity index (χ1) is 13.4. The fourth-order valence-electron chi connectivity index (χ4n) is 3.21. The molecule has 2 aliphatic rings. The number of hydrogen-bond donors (Lipinski definition) is 1. The lowest BCUT2D eigenvalue weighted by Crippen LogP contribution is -2.32. The second kappa shape index (κ2) is 7.17. The van der Waals surface area contributed by atoms with E-state index in [1.807, 2.05) is 0 Å². The number of carbonyl (C=O) groups excluding carboxylic acids is 1. The molecular formula is C18H17F3N4O3. The highest BCUT2D eigenvalue weighted by Gasteiger charge is 2.42. The Morgan fingerprint density at radius 2 is 2.11 bits per heavy atom. The molecule has 1 amide bonds. The number of halogens is 3. The Morgan fingerprint density at radius 3 is 2.93 bits per heavy atom. The average Bonchev–Trinajstić information content (AvgIpc) is 3.29. The van der Waals surface area contributed by atoms with Crippen LogP contribution in [0.2, 0.25) is 0 Å². The molecule has 2 aliphatic heterocycles. The number of fused-ring (bicyclic) bond motifs is 2. The number of amides is 1. The third-order valence-corrected chi connectivity index (χ3v) is 4.74. The Bertz CT molecular complexity index is 923. The molecule has 0 radical (unpaired) electrons. The van der Waals surface area contributed by atoms with E-state index in [-0.39, 0.29) is 38.6 Å². The lowest BCUT2D eigenvalue weighted by atomic mass is 9.97. The maximum atomic E-state index is 12.9. The SMILES string of the molecule is O=C(/C=C/c1ccc2c(c1)OCO2)NCc1nnc2n1CC[C@@H](C(F)(F)F)C2. The Labute approximate surface area is 158 Å². The molecule has 0 spiro atoms. The molecule has 1 N–H and O–H groups in total. The zero-order valence-corrected chi connectivity index (χ0v) is 14.7. The van der Waals surface area contributed by atoms with Gasteiger partial charge in [0.2, 0.25) is 12.7 Å². The highest BCUT2D eigenvalue weighted by atomic mass is 19.4. The van der Waals surface area contributed by atoms with E-state index in [9.17, 15) is 18.0 Å². The van der Waals surface area contributed by atoms with E-state index in [0.29, 0.717) is 23.1 Å². The van der Waals surface area contributed by atoms with Crippen molar-refractivity contribution in [1.29, 1.82) is 0 Å². The number of alkyl halides is 3. The molecule has 0 unspecified atom stereocenters. The van der Waals surface area contributed by atoms with Crippen molar-refractivity contribution in [3.05, 3.63) is 41.5 Å². The minimum atomic E-state index is -4.23. The van der Waals surface area contributed by atoms with Gasteiger partial charge >= 0.3 is 6.18 Å².